The Morgan fingerprint density at radius 2 is 1.65 bits per heavy atom. The molecule has 0 amide bonds. The van der Waals surface area contributed by atoms with E-state index in [4.69, 9.17) is 4.74 Å². The maximum atomic E-state index is 5.84. The van der Waals surface area contributed by atoms with E-state index in [0.29, 0.717) is 0 Å². The van der Waals surface area contributed by atoms with Crippen molar-refractivity contribution in [3.8, 4) is 5.75 Å². The second-order valence-electron chi connectivity index (χ2n) is 6.64. The van der Waals surface area contributed by atoms with Crippen molar-refractivity contribution in [2.45, 2.75) is 26.2 Å². The van der Waals surface area contributed by atoms with Crippen molar-refractivity contribution in [2.75, 3.05) is 26.2 Å². The Bertz CT molecular complexity index is 571. The number of ether oxygens (including phenoxy) is 1. The van der Waals surface area contributed by atoms with E-state index in [2.05, 4.69) is 66.4 Å². The lowest BCUT2D eigenvalue weighted by Gasteiger charge is -2.31. The molecule has 2 nitrogen and oxygen atoms in total. The molecule has 2 aromatic carbocycles. The fraction of sp³-hybridized carbons (Fsp3) is 0.429. The van der Waals surface area contributed by atoms with Crippen LogP contribution in [0.3, 0.4) is 0 Å². The number of hydrogen-bond acceptors (Lipinski definition) is 2. The zero-order valence-corrected chi connectivity index (χ0v) is 14.1. The minimum absolute atomic E-state index is 0.784. The largest absolute Gasteiger partial charge is 0.492 e. The molecule has 23 heavy (non-hydrogen) atoms. The van der Waals surface area contributed by atoms with E-state index in [9.17, 15) is 0 Å². The molecule has 0 spiro atoms. The highest BCUT2D eigenvalue weighted by Gasteiger charge is 2.19. The third kappa shape index (κ3) is 5.11. The molecule has 0 atom stereocenters. The van der Waals surface area contributed by atoms with E-state index >= 15 is 0 Å². The van der Waals surface area contributed by atoms with Gasteiger partial charge in [-0.3, -0.25) is 4.90 Å². The summed E-state index contributed by atoms with van der Waals surface area (Å²) in [5.74, 6) is 1.82. The van der Waals surface area contributed by atoms with E-state index in [-0.39, 0.29) is 0 Å². The molecule has 1 fully saturated rings. The molecule has 3 rings (SSSR count). The number of rotatable bonds is 6. The molecule has 0 saturated carbocycles. The van der Waals surface area contributed by atoms with Gasteiger partial charge in [0.1, 0.15) is 12.4 Å². The second-order valence-corrected chi connectivity index (χ2v) is 6.64. The molecule has 0 bridgehead atoms. The summed E-state index contributed by atoms with van der Waals surface area (Å²) in [4.78, 5) is 2.54. The van der Waals surface area contributed by atoms with Gasteiger partial charge in [-0.2, -0.15) is 0 Å². The lowest BCUT2D eigenvalue weighted by atomic mass is 9.90. The third-order valence-electron chi connectivity index (χ3n) is 4.77. The Hall–Kier alpha value is -1.80. The Balaban J connectivity index is 1.35. The number of nitrogens with zero attached hydrogens (tertiary/aromatic N) is 1. The van der Waals surface area contributed by atoms with Crippen LogP contribution < -0.4 is 4.74 Å². The smallest absolute Gasteiger partial charge is 0.119 e. The predicted molar refractivity (Wildman–Crippen MR) is 96.0 cm³/mol. The van der Waals surface area contributed by atoms with Gasteiger partial charge in [-0.15, -0.1) is 0 Å². The lowest BCUT2D eigenvalue weighted by molar-refractivity contribution is 0.155. The first-order chi connectivity index (χ1) is 11.3. The van der Waals surface area contributed by atoms with E-state index in [1.807, 2.05) is 0 Å². The summed E-state index contributed by atoms with van der Waals surface area (Å²) in [7, 11) is 0. The van der Waals surface area contributed by atoms with Crippen LogP contribution in [-0.4, -0.2) is 31.1 Å². The third-order valence-corrected chi connectivity index (χ3v) is 4.77. The van der Waals surface area contributed by atoms with Crippen molar-refractivity contribution >= 4 is 0 Å². The van der Waals surface area contributed by atoms with E-state index in [0.717, 1.165) is 24.8 Å². The highest BCUT2D eigenvalue weighted by Crippen LogP contribution is 2.21. The number of likely N-dealkylation sites (tertiary alicyclic amines) is 1. The molecule has 122 valence electrons. The average molecular weight is 309 g/mol. The number of benzene rings is 2. The predicted octanol–water partition coefficient (Wildman–Crippen LogP) is 4.33. The van der Waals surface area contributed by atoms with Crippen LogP contribution in [0.4, 0.5) is 0 Å². The Morgan fingerprint density at radius 3 is 2.35 bits per heavy atom. The standard InChI is InChI=1S/C21H27NO/c1-18-7-9-21(10-8-18)23-16-15-22-13-11-20(12-14-22)17-19-5-3-2-4-6-19/h2-10,20H,11-17H2,1H3. The number of piperidine rings is 1. The van der Waals surface area contributed by atoms with Crippen molar-refractivity contribution in [1.29, 1.82) is 0 Å². The van der Waals surface area contributed by atoms with Crippen LogP contribution in [0.5, 0.6) is 5.75 Å². The normalized spacial score (nSPS) is 16.4. The lowest BCUT2D eigenvalue weighted by Crippen LogP contribution is -2.37. The summed E-state index contributed by atoms with van der Waals surface area (Å²) in [6.07, 6.45) is 3.84. The first kappa shape index (κ1) is 16.1. The van der Waals surface area contributed by atoms with Crippen LogP contribution >= 0.6 is 0 Å². The van der Waals surface area contributed by atoms with Crippen molar-refractivity contribution in [3.05, 3.63) is 65.7 Å². The van der Waals surface area contributed by atoms with Gasteiger partial charge in [-0.1, -0.05) is 48.0 Å². The van der Waals surface area contributed by atoms with Crippen molar-refractivity contribution in [1.82, 2.24) is 4.90 Å². The first-order valence-electron chi connectivity index (χ1n) is 8.75. The molecule has 2 aromatic rings. The molecule has 0 aliphatic carbocycles. The molecule has 1 aliphatic heterocycles. The molecular weight excluding hydrogens is 282 g/mol. The monoisotopic (exact) mass is 309 g/mol. The average Bonchev–Trinajstić information content (AvgIpc) is 2.59. The number of hydrogen-bond donors (Lipinski definition) is 0. The second kappa shape index (κ2) is 8.16. The topological polar surface area (TPSA) is 12.5 Å². The van der Waals surface area contributed by atoms with Crippen LogP contribution in [0.25, 0.3) is 0 Å². The van der Waals surface area contributed by atoms with Crippen LogP contribution in [0.15, 0.2) is 54.6 Å². The van der Waals surface area contributed by atoms with Gasteiger partial charge in [0.05, 0.1) is 0 Å². The molecule has 1 saturated heterocycles. The van der Waals surface area contributed by atoms with Gasteiger partial charge >= 0.3 is 0 Å². The highest BCUT2D eigenvalue weighted by molar-refractivity contribution is 5.26. The van der Waals surface area contributed by atoms with Crippen LogP contribution in [0, 0.1) is 12.8 Å². The zero-order valence-electron chi connectivity index (χ0n) is 14.1. The number of aryl methyl sites for hydroxylation is 1. The Kier molecular flexibility index (Phi) is 5.71. The van der Waals surface area contributed by atoms with Gasteiger partial charge in [-0.25, -0.2) is 0 Å². The maximum Gasteiger partial charge on any atom is 0.119 e. The van der Waals surface area contributed by atoms with Crippen LogP contribution in [0.2, 0.25) is 0 Å². The molecule has 1 aliphatic rings. The minimum Gasteiger partial charge on any atom is -0.492 e. The molecule has 2 heteroatoms. The molecule has 0 radical (unpaired) electrons. The Morgan fingerprint density at radius 1 is 0.957 bits per heavy atom. The van der Waals surface area contributed by atoms with Crippen molar-refractivity contribution in [2.24, 2.45) is 5.92 Å². The Labute approximate surface area is 140 Å². The van der Waals surface area contributed by atoms with Gasteiger partial charge in [0.15, 0.2) is 0 Å². The maximum absolute atomic E-state index is 5.84. The minimum atomic E-state index is 0.784. The first-order valence-corrected chi connectivity index (χ1v) is 8.75. The summed E-state index contributed by atoms with van der Waals surface area (Å²) in [6, 6.07) is 19.2. The van der Waals surface area contributed by atoms with E-state index in [1.165, 1.54) is 43.5 Å². The molecule has 0 unspecified atom stereocenters. The molecule has 0 N–H and O–H groups in total. The fourth-order valence-electron chi connectivity index (χ4n) is 3.29. The van der Waals surface area contributed by atoms with E-state index in [1.54, 1.807) is 0 Å². The van der Waals surface area contributed by atoms with Gasteiger partial charge in [-0.05, 0) is 62.9 Å². The van der Waals surface area contributed by atoms with Crippen LogP contribution in [0.1, 0.15) is 24.0 Å². The summed E-state index contributed by atoms with van der Waals surface area (Å²) < 4.78 is 5.84. The highest BCUT2D eigenvalue weighted by atomic mass is 16.5. The van der Waals surface area contributed by atoms with Crippen molar-refractivity contribution in [3.63, 3.8) is 0 Å². The summed E-state index contributed by atoms with van der Waals surface area (Å²) >= 11 is 0. The van der Waals surface area contributed by atoms with Gasteiger partial charge < -0.3 is 4.74 Å². The molecule has 1 heterocycles. The van der Waals surface area contributed by atoms with E-state index < -0.39 is 0 Å². The quantitative estimate of drug-likeness (QED) is 0.787. The summed E-state index contributed by atoms with van der Waals surface area (Å²) in [5, 5.41) is 0. The summed E-state index contributed by atoms with van der Waals surface area (Å²) in [6.45, 7) is 6.32. The van der Waals surface area contributed by atoms with Gasteiger partial charge in [0, 0.05) is 6.54 Å². The molecule has 0 aromatic heterocycles. The SMILES string of the molecule is Cc1ccc(OCCN2CCC(Cc3ccccc3)CC2)cc1. The molecular formula is C21H27NO. The fourth-order valence-corrected chi connectivity index (χ4v) is 3.29. The van der Waals surface area contributed by atoms with Crippen LogP contribution in [-0.2, 0) is 6.42 Å². The van der Waals surface area contributed by atoms with Gasteiger partial charge in [0.2, 0.25) is 0 Å². The van der Waals surface area contributed by atoms with Gasteiger partial charge in [0.25, 0.3) is 0 Å². The van der Waals surface area contributed by atoms with Crippen molar-refractivity contribution < 1.29 is 4.74 Å². The zero-order chi connectivity index (χ0) is 15.9. The summed E-state index contributed by atoms with van der Waals surface area (Å²) in [5.41, 5.74) is 2.76.